The average molecular weight is 435 g/mol. The summed E-state index contributed by atoms with van der Waals surface area (Å²) in [5, 5.41) is 30.4. The maximum absolute atomic E-state index is 10.3. The molecule has 0 bridgehead atoms. The first-order valence-corrected chi connectivity index (χ1v) is 12.3. The van der Waals surface area contributed by atoms with Crippen molar-refractivity contribution in [2.75, 3.05) is 0 Å². The Labute approximate surface area is 189 Å². The Balaban J connectivity index is 0.00000341. The summed E-state index contributed by atoms with van der Waals surface area (Å²) in [6, 6.07) is 0. The van der Waals surface area contributed by atoms with Crippen molar-refractivity contribution in [1.82, 2.24) is 0 Å². The lowest BCUT2D eigenvalue weighted by Gasteiger charge is -2.44. The van der Waals surface area contributed by atoms with E-state index >= 15 is 0 Å². The second kappa shape index (κ2) is 10.8. The van der Waals surface area contributed by atoms with Crippen molar-refractivity contribution < 1.29 is 20.8 Å². The molecule has 5 N–H and O–H groups in total. The lowest BCUT2D eigenvalue weighted by atomic mass is 9.60. The van der Waals surface area contributed by atoms with Crippen molar-refractivity contribution in [3.05, 3.63) is 35.5 Å². The monoisotopic (exact) mass is 434 g/mol. The van der Waals surface area contributed by atoms with Crippen LogP contribution < -0.4 is 0 Å². The molecule has 3 aliphatic carbocycles. The molecule has 3 saturated carbocycles. The van der Waals surface area contributed by atoms with E-state index in [1.165, 1.54) is 25.7 Å². The molecule has 0 saturated heterocycles. The van der Waals surface area contributed by atoms with E-state index in [-0.39, 0.29) is 11.6 Å². The third-order valence-corrected chi connectivity index (χ3v) is 8.68. The summed E-state index contributed by atoms with van der Waals surface area (Å²) in [5.74, 6) is 2.35. The van der Waals surface area contributed by atoms with E-state index in [0.29, 0.717) is 36.0 Å². The fourth-order valence-electron chi connectivity index (χ4n) is 6.65. The molecule has 3 rings (SSSR count). The van der Waals surface area contributed by atoms with Gasteiger partial charge in [-0.25, -0.2) is 0 Å². The third-order valence-electron chi connectivity index (χ3n) is 8.68. The van der Waals surface area contributed by atoms with Crippen LogP contribution in [-0.2, 0) is 0 Å². The normalized spacial score (nSPS) is 38.3. The molecule has 7 atom stereocenters. The second-order valence-corrected chi connectivity index (χ2v) is 11.0. The van der Waals surface area contributed by atoms with Gasteiger partial charge in [0.15, 0.2) is 0 Å². The summed E-state index contributed by atoms with van der Waals surface area (Å²) in [7, 11) is 0. The van der Waals surface area contributed by atoms with Crippen molar-refractivity contribution in [2.45, 2.75) is 104 Å². The van der Waals surface area contributed by atoms with Crippen LogP contribution in [0.15, 0.2) is 35.5 Å². The zero-order chi connectivity index (χ0) is 22.1. The summed E-state index contributed by atoms with van der Waals surface area (Å²) in [6.45, 7) is 13.2. The van der Waals surface area contributed by atoms with Gasteiger partial charge in [-0.3, -0.25) is 0 Å². The van der Waals surface area contributed by atoms with Crippen molar-refractivity contribution in [1.29, 1.82) is 0 Å². The highest BCUT2D eigenvalue weighted by Crippen LogP contribution is 2.60. The maximum Gasteiger partial charge on any atom is 0.0811 e. The van der Waals surface area contributed by atoms with Gasteiger partial charge in [-0.15, -0.1) is 0 Å². The van der Waals surface area contributed by atoms with Crippen LogP contribution in [0.5, 0.6) is 0 Å². The Morgan fingerprint density at radius 2 is 1.84 bits per heavy atom. The minimum Gasteiger partial charge on any atom is -0.412 e. The van der Waals surface area contributed by atoms with Gasteiger partial charge in [0, 0.05) is 6.42 Å². The highest BCUT2D eigenvalue weighted by molar-refractivity contribution is 5.38. The van der Waals surface area contributed by atoms with Gasteiger partial charge in [-0.1, -0.05) is 52.0 Å². The van der Waals surface area contributed by atoms with Crippen LogP contribution in [0, 0.1) is 29.1 Å². The predicted octanol–water partition coefficient (Wildman–Crippen LogP) is 4.74. The van der Waals surface area contributed by atoms with E-state index in [4.69, 9.17) is 0 Å². The van der Waals surface area contributed by atoms with E-state index in [2.05, 4.69) is 46.4 Å². The quantitative estimate of drug-likeness (QED) is 0.564. The smallest absolute Gasteiger partial charge is 0.0811 e. The standard InChI is InChI=1S/C27H44O3.H2O/c1-17(2)25(29)13-8-18(3)23-11-12-24-20(7-6-14-27(23,24)5)9-10-21-15-22(28)16-26(30)19(21)4;/h9-10,17-18,22-26,28-30H,4,6-8,11-16H2,1-3,5H3;1H2. The first-order chi connectivity index (χ1) is 14.1. The van der Waals surface area contributed by atoms with Gasteiger partial charge in [0.2, 0.25) is 0 Å². The van der Waals surface area contributed by atoms with Crippen molar-refractivity contribution >= 4 is 0 Å². The zero-order valence-corrected chi connectivity index (χ0v) is 20.1. The lowest BCUT2D eigenvalue weighted by molar-refractivity contribution is 0.0717. The Hall–Kier alpha value is -0.940. The zero-order valence-electron chi connectivity index (χ0n) is 20.1. The molecule has 0 spiro atoms. The molecule has 0 amide bonds. The summed E-state index contributed by atoms with van der Waals surface area (Å²) < 4.78 is 0. The number of aliphatic hydroxyl groups is 3. The van der Waals surface area contributed by atoms with Crippen LogP contribution in [0.25, 0.3) is 0 Å². The van der Waals surface area contributed by atoms with E-state index in [9.17, 15) is 15.3 Å². The highest BCUT2D eigenvalue weighted by Gasteiger charge is 2.50. The molecule has 0 heterocycles. The molecule has 31 heavy (non-hydrogen) atoms. The molecule has 4 heteroatoms. The first-order valence-electron chi connectivity index (χ1n) is 12.3. The Morgan fingerprint density at radius 1 is 1.13 bits per heavy atom. The van der Waals surface area contributed by atoms with Crippen molar-refractivity contribution in [3.8, 4) is 0 Å². The van der Waals surface area contributed by atoms with Crippen LogP contribution in [0.2, 0.25) is 0 Å². The fourth-order valence-corrected chi connectivity index (χ4v) is 6.65. The van der Waals surface area contributed by atoms with Crippen LogP contribution >= 0.6 is 0 Å². The van der Waals surface area contributed by atoms with Crippen LogP contribution in [0.4, 0.5) is 0 Å². The topological polar surface area (TPSA) is 92.2 Å². The van der Waals surface area contributed by atoms with Crippen molar-refractivity contribution in [3.63, 3.8) is 0 Å². The molecule has 0 aromatic heterocycles. The van der Waals surface area contributed by atoms with E-state index < -0.39 is 12.2 Å². The van der Waals surface area contributed by atoms with E-state index in [1.807, 2.05) is 0 Å². The number of rotatable bonds is 6. The number of hydrogen-bond acceptors (Lipinski definition) is 3. The molecule has 3 fully saturated rings. The van der Waals surface area contributed by atoms with Gasteiger partial charge in [0.1, 0.15) is 0 Å². The van der Waals surface area contributed by atoms with Crippen LogP contribution in [0.3, 0.4) is 0 Å². The third kappa shape index (κ3) is 5.71. The second-order valence-electron chi connectivity index (χ2n) is 11.0. The summed E-state index contributed by atoms with van der Waals surface area (Å²) in [6.07, 6.45) is 12.4. The number of fused-ring (bicyclic) bond motifs is 1. The first kappa shape index (κ1) is 26.3. The Morgan fingerprint density at radius 3 is 2.52 bits per heavy atom. The van der Waals surface area contributed by atoms with Gasteiger partial charge in [-0.2, -0.15) is 0 Å². The summed E-state index contributed by atoms with van der Waals surface area (Å²) in [4.78, 5) is 0. The lowest BCUT2D eigenvalue weighted by Crippen LogP contribution is -2.36. The predicted molar refractivity (Wildman–Crippen MR) is 128 cm³/mol. The van der Waals surface area contributed by atoms with Gasteiger partial charge in [-0.05, 0) is 91.6 Å². The Kier molecular flexibility index (Phi) is 9.15. The van der Waals surface area contributed by atoms with Gasteiger partial charge < -0.3 is 20.8 Å². The SMILES string of the molecule is C=C1C(=CC=C2CCCC3(C)C2CCC3C(C)CCC(O)C(C)C)CC(O)CC1O.O. The van der Waals surface area contributed by atoms with Gasteiger partial charge in [0.05, 0.1) is 18.3 Å². The average Bonchev–Trinajstić information content (AvgIpc) is 3.04. The minimum absolute atomic E-state index is 0. The number of allylic oxidation sites excluding steroid dienone is 3. The maximum atomic E-state index is 10.3. The number of aliphatic hydroxyl groups excluding tert-OH is 3. The molecule has 4 nitrogen and oxygen atoms in total. The van der Waals surface area contributed by atoms with Crippen LogP contribution in [-0.4, -0.2) is 39.1 Å². The van der Waals surface area contributed by atoms with Gasteiger partial charge in [0.25, 0.3) is 0 Å². The Bertz CT molecular complexity index is 679. The number of hydrogen-bond donors (Lipinski definition) is 3. The molecular weight excluding hydrogens is 388 g/mol. The van der Waals surface area contributed by atoms with E-state index in [0.717, 1.165) is 36.3 Å². The summed E-state index contributed by atoms with van der Waals surface area (Å²) >= 11 is 0. The van der Waals surface area contributed by atoms with Crippen molar-refractivity contribution in [2.24, 2.45) is 29.1 Å². The minimum atomic E-state index is -0.618. The largest absolute Gasteiger partial charge is 0.412 e. The summed E-state index contributed by atoms with van der Waals surface area (Å²) in [5.41, 5.74) is 3.69. The van der Waals surface area contributed by atoms with Gasteiger partial charge >= 0.3 is 0 Å². The molecule has 3 aliphatic rings. The molecule has 0 aliphatic heterocycles. The highest BCUT2D eigenvalue weighted by atomic mass is 16.3. The molecule has 0 radical (unpaired) electrons. The molecule has 7 unspecified atom stereocenters. The van der Waals surface area contributed by atoms with Crippen LogP contribution in [0.1, 0.15) is 85.5 Å². The molecule has 178 valence electrons. The molecule has 0 aromatic rings. The van der Waals surface area contributed by atoms with E-state index in [1.54, 1.807) is 5.57 Å². The molecular formula is C27H46O4. The fraction of sp³-hybridized carbons (Fsp3) is 0.778. The molecule has 0 aromatic carbocycles.